The minimum Gasteiger partial charge on any atom is -0.367 e. The van der Waals surface area contributed by atoms with E-state index in [1.54, 1.807) is 17.1 Å². The highest BCUT2D eigenvalue weighted by atomic mass is 35.5. The van der Waals surface area contributed by atoms with E-state index in [2.05, 4.69) is 33.9 Å². The Hall–Kier alpha value is -2.87. The molecule has 2 fully saturated rings. The number of rotatable bonds is 5. The molecule has 1 aromatic heterocycles. The topological polar surface area (TPSA) is 87.5 Å². The zero-order valence-electron chi connectivity index (χ0n) is 20.4. The fraction of sp³-hybridized carbons (Fsp3) is 0.520. The SMILES string of the molecule is CC.CC(C)Cn1cncc(N2CCN(c3cccc(C4CCC(=O)NC4=O)c3Cl)CC2)c1=O. The monoisotopic (exact) mass is 487 g/mol. The molecule has 2 saturated heterocycles. The van der Waals surface area contributed by atoms with Crippen LogP contribution in [0.25, 0.3) is 0 Å². The lowest BCUT2D eigenvalue weighted by molar-refractivity contribution is -0.134. The van der Waals surface area contributed by atoms with Gasteiger partial charge in [0, 0.05) is 39.1 Å². The van der Waals surface area contributed by atoms with E-state index in [4.69, 9.17) is 11.6 Å². The highest BCUT2D eigenvalue weighted by Gasteiger charge is 2.31. The predicted octanol–water partition coefficient (Wildman–Crippen LogP) is 3.43. The van der Waals surface area contributed by atoms with E-state index in [9.17, 15) is 14.4 Å². The number of piperidine rings is 1. The summed E-state index contributed by atoms with van der Waals surface area (Å²) < 4.78 is 1.67. The van der Waals surface area contributed by atoms with E-state index in [1.807, 2.05) is 32.0 Å². The van der Waals surface area contributed by atoms with Crippen LogP contribution in [0.1, 0.15) is 52.0 Å². The summed E-state index contributed by atoms with van der Waals surface area (Å²) >= 11 is 6.74. The first-order valence-corrected chi connectivity index (χ1v) is 12.4. The second-order valence-electron chi connectivity index (χ2n) is 8.79. The number of benzene rings is 1. The molecule has 0 spiro atoms. The summed E-state index contributed by atoms with van der Waals surface area (Å²) in [5.74, 6) is -0.589. The van der Waals surface area contributed by atoms with Gasteiger partial charge in [-0.3, -0.25) is 24.3 Å². The third kappa shape index (κ3) is 5.60. The van der Waals surface area contributed by atoms with Crippen LogP contribution in [-0.2, 0) is 16.1 Å². The average molecular weight is 488 g/mol. The molecule has 9 heteroatoms. The minimum atomic E-state index is -0.420. The van der Waals surface area contributed by atoms with Crippen molar-refractivity contribution in [3.8, 4) is 0 Å². The van der Waals surface area contributed by atoms with Crippen molar-refractivity contribution in [1.82, 2.24) is 14.9 Å². The average Bonchev–Trinajstić information content (AvgIpc) is 2.82. The highest BCUT2D eigenvalue weighted by molar-refractivity contribution is 6.34. The molecule has 2 aliphatic rings. The van der Waals surface area contributed by atoms with Gasteiger partial charge in [0.2, 0.25) is 11.8 Å². The largest absolute Gasteiger partial charge is 0.367 e. The van der Waals surface area contributed by atoms with Crippen LogP contribution < -0.4 is 20.7 Å². The third-order valence-electron chi connectivity index (χ3n) is 6.03. The van der Waals surface area contributed by atoms with Crippen LogP contribution in [0, 0.1) is 5.92 Å². The smallest absolute Gasteiger partial charge is 0.276 e. The van der Waals surface area contributed by atoms with Crippen LogP contribution in [-0.4, -0.2) is 47.5 Å². The number of carbonyl (C=O) groups is 2. The molecule has 8 nitrogen and oxygen atoms in total. The number of carbonyl (C=O) groups excluding carboxylic acids is 2. The lowest BCUT2D eigenvalue weighted by Crippen LogP contribution is -2.48. The Kier molecular flexibility index (Phi) is 8.72. The lowest BCUT2D eigenvalue weighted by atomic mass is 9.90. The van der Waals surface area contributed by atoms with Crippen LogP contribution in [0.15, 0.2) is 35.5 Å². The van der Waals surface area contributed by atoms with Crippen LogP contribution in [0.4, 0.5) is 11.4 Å². The molecule has 4 rings (SSSR count). The number of imide groups is 1. The number of anilines is 2. The number of halogens is 1. The summed E-state index contributed by atoms with van der Waals surface area (Å²) in [6, 6.07) is 5.71. The molecular formula is C25H34ClN5O3. The van der Waals surface area contributed by atoms with Crippen molar-refractivity contribution in [3.63, 3.8) is 0 Å². The lowest BCUT2D eigenvalue weighted by Gasteiger charge is -2.37. The van der Waals surface area contributed by atoms with Gasteiger partial charge in [-0.05, 0) is 24.0 Å². The number of piperazine rings is 1. The molecule has 0 bridgehead atoms. The molecule has 2 aliphatic heterocycles. The molecule has 2 amide bonds. The Bertz CT molecular complexity index is 1080. The van der Waals surface area contributed by atoms with Gasteiger partial charge in [0.25, 0.3) is 5.56 Å². The highest BCUT2D eigenvalue weighted by Crippen LogP contribution is 2.37. The number of nitrogens with one attached hydrogen (secondary N) is 1. The van der Waals surface area contributed by atoms with Gasteiger partial charge in [-0.25, -0.2) is 4.98 Å². The first kappa shape index (κ1) is 25.7. The molecule has 0 aliphatic carbocycles. The Balaban J connectivity index is 0.00000158. The molecule has 2 aromatic rings. The normalized spacial score (nSPS) is 18.5. The Morgan fingerprint density at radius 3 is 2.32 bits per heavy atom. The molecule has 184 valence electrons. The number of hydrogen-bond acceptors (Lipinski definition) is 6. The quantitative estimate of drug-likeness (QED) is 0.650. The van der Waals surface area contributed by atoms with Crippen LogP contribution in [0.5, 0.6) is 0 Å². The molecule has 1 atom stereocenters. The molecule has 1 unspecified atom stereocenters. The van der Waals surface area contributed by atoms with Gasteiger partial charge in [0.1, 0.15) is 5.69 Å². The molecule has 3 heterocycles. The van der Waals surface area contributed by atoms with E-state index in [0.717, 1.165) is 11.3 Å². The van der Waals surface area contributed by atoms with E-state index in [0.29, 0.717) is 62.2 Å². The number of nitrogens with zero attached hydrogens (tertiary/aromatic N) is 4. The van der Waals surface area contributed by atoms with Crippen molar-refractivity contribution in [3.05, 3.63) is 51.7 Å². The van der Waals surface area contributed by atoms with Gasteiger partial charge < -0.3 is 9.80 Å². The van der Waals surface area contributed by atoms with Crippen LogP contribution in [0.3, 0.4) is 0 Å². The zero-order chi connectivity index (χ0) is 24.8. The maximum absolute atomic E-state index is 12.9. The standard InChI is InChI=1S/C23H28ClN5O3.C2H6/c1-15(2)13-29-14-25-12-19(23(29)32)28-10-8-27(9-11-28)18-5-3-4-16(21(18)24)17-6-7-20(30)26-22(17)31;1-2/h3-5,12,14-15,17H,6-11,13H2,1-2H3,(H,26,30,31);1-2H3. The predicted molar refractivity (Wildman–Crippen MR) is 136 cm³/mol. The number of aromatic nitrogens is 2. The Morgan fingerprint density at radius 2 is 1.71 bits per heavy atom. The molecule has 34 heavy (non-hydrogen) atoms. The zero-order valence-corrected chi connectivity index (χ0v) is 21.1. The van der Waals surface area contributed by atoms with E-state index >= 15 is 0 Å². The van der Waals surface area contributed by atoms with E-state index < -0.39 is 5.92 Å². The maximum Gasteiger partial charge on any atom is 0.276 e. The van der Waals surface area contributed by atoms with Gasteiger partial charge in [0.15, 0.2) is 0 Å². The molecule has 1 aromatic carbocycles. The van der Waals surface area contributed by atoms with Crippen molar-refractivity contribution >= 4 is 34.8 Å². The van der Waals surface area contributed by atoms with Gasteiger partial charge >= 0.3 is 0 Å². The molecule has 0 radical (unpaired) electrons. The summed E-state index contributed by atoms with van der Waals surface area (Å²) in [6.45, 7) is 11.5. The Morgan fingerprint density at radius 1 is 1.06 bits per heavy atom. The minimum absolute atomic E-state index is 0.0139. The Labute approximate surface area is 205 Å². The summed E-state index contributed by atoms with van der Waals surface area (Å²) in [6.07, 6.45) is 4.02. The van der Waals surface area contributed by atoms with E-state index in [1.165, 1.54) is 0 Å². The van der Waals surface area contributed by atoms with Gasteiger partial charge in [-0.1, -0.05) is 51.4 Å². The number of amides is 2. The molecule has 0 saturated carbocycles. The van der Waals surface area contributed by atoms with E-state index in [-0.39, 0.29) is 17.4 Å². The third-order valence-corrected chi connectivity index (χ3v) is 6.44. The fourth-order valence-electron chi connectivity index (χ4n) is 4.41. The molecular weight excluding hydrogens is 454 g/mol. The van der Waals surface area contributed by atoms with Crippen molar-refractivity contribution in [1.29, 1.82) is 0 Å². The fourth-order valence-corrected chi connectivity index (χ4v) is 4.79. The van der Waals surface area contributed by atoms with Crippen molar-refractivity contribution in [2.24, 2.45) is 5.92 Å². The summed E-state index contributed by atoms with van der Waals surface area (Å²) in [7, 11) is 0. The second-order valence-corrected chi connectivity index (χ2v) is 9.17. The second kappa shape index (κ2) is 11.5. The maximum atomic E-state index is 12.9. The van der Waals surface area contributed by atoms with Crippen LogP contribution >= 0.6 is 11.6 Å². The number of hydrogen-bond donors (Lipinski definition) is 1. The first-order valence-electron chi connectivity index (χ1n) is 12.0. The van der Waals surface area contributed by atoms with Crippen molar-refractivity contribution < 1.29 is 9.59 Å². The molecule has 1 N–H and O–H groups in total. The summed E-state index contributed by atoms with van der Waals surface area (Å²) in [5, 5.41) is 2.96. The summed E-state index contributed by atoms with van der Waals surface area (Å²) in [4.78, 5) is 45.2. The van der Waals surface area contributed by atoms with Gasteiger partial charge in [-0.2, -0.15) is 0 Å². The summed E-state index contributed by atoms with van der Waals surface area (Å²) in [5.41, 5.74) is 2.23. The van der Waals surface area contributed by atoms with Gasteiger partial charge in [-0.15, -0.1) is 0 Å². The van der Waals surface area contributed by atoms with Crippen LogP contribution in [0.2, 0.25) is 5.02 Å². The van der Waals surface area contributed by atoms with Crippen molar-refractivity contribution in [2.75, 3.05) is 36.0 Å². The first-order chi connectivity index (χ1) is 16.3. The van der Waals surface area contributed by atoms with Crippen molar-refractivity contribution in [2.45, 2.75) is 53.0 Å². The van der Waals surface area contributed by atoms with Gasteiger partial charge in [0.05, 0.1) is 29.2 Å².